The van der Waals surface area contributed by atoms with Gasteiger partial charge in [0.2, 0.25) is 0 Å². The highest BCUT2D eigenvalue weighted by atomic mass is 16.3. The van der Waals surface area contributed by atoms with Gasteiger partial charge in [-0.2, -0.15) is 0 Å². The summed E-state index contributed by atoms with van der Waals surface area (Å²) in [6.07, 6.45) is 4.02. The lowest BCUT2D eigenvalue weighted by Crippen LogP contribution is -1.88. The van der Waals surface area contributed by atoms with Crippen molar-refractivity contribution >= 4 is 6.29 Å². The van der Waals surface area contributed by atoms with Crippen LogP contribution < -0.4 is 0 Å². The van der Waals surface area contributed by atoms with Crippen molar-refractivity contribution in [2.75, 3.05) is 0 Å². The molecule has 3 aromatic rings. The molecule has 0 bridgehead atoms. The quantitative estimate of drug-likeness (QED) is 0.559. The lowest BCUT2D eigenvalue weighted by Gasteiger charge is -1.98. The maximum absolute atomic E-state index is 10.4. The molecule has 2 heterocycles. The number of aldehydes is 1. The number of aromatic nitrogens is 2. The Balaban J connectivity index is 0.000000245. The molecule has 0 aliphatic heterocycles. The Morgan fingerprint density at radius 1 is 0.958 bits per heavy atom. The fourth-order valence-electron chi connectivity index (χ4n) is 1.77. The van der Waals surface area contributed by atoms with E-state index in [4.69, 9.17) is 5.11 Å². The average Bonchev–Trinajstić information content (AvgIpc) is 2.64. The smallest absolute Gasteiger partial charge is 0.151 e. The van der Waals surface area contributed by atoms with Crippen LogP contribution in [0.3, 0.4) is 0 Å². The zero-order valence-corrected chi connectivity index (χ0v) is 13.6. The van der Waals surface area contributed by atoms with E-state index in [1.165, 1.54) is 6.20 Å². The van der Waals surface area contributed by atoms with Gasteiger partial charge in [0.15, 0.2) is 6.29 Å². The molecule has 0 unspecified atom stereocenters. The second-order valence-electron chi connectivity index (χ2n) is 4.65. The number of pyridine rings is 2. The van der Waals surface area contributed by atoms with Crippen LogP contribution >= 0.6 is 0 Å². The van der Waals surface area contributed by atoms with E-state index in [9.17, 15) is 4.79 Å². The number of phenols is 1. The molecule has 122 valence electrons. The standard InChI is InChI=1S/C11H8N2O.C7H8O.C2H4/c14-8-9-4-5-11(13-7-9)10-3-1-2-6-12-10;1-6-3-2-4-7(8)5-6;1-2/h1-8H;2-5,8H,1H3;1-2H2. The first kappa shape index (κ1) is 18.8. The van der Waals surface area contributed by atoms with Gasteiger partial charge < -0.3 is 5.11 Å². The molecule has 3 rings (SSSR count). The first-order chi connectivity index (χ1) is 11.7. The van der Waals surface area contributed by atoms with Crippen molar-refractivity contribution in [2.24, 2.45) is 0 Å². The van der Waals surface area contributed by atoms with Crippen LogP contribution in [0.15, 0.2) is 80.1 Å². The van der Waals surface area contributed by atoms with Gasteiger partial charge in [0.05, 0.1) is 11.4 Å². The molecule has 0 spiro atoms. The molecule has 4 nitrogen and oxygen atoms in total. The number of aryl methyl sites for hydroxylation is 1. The van der Waals surface area contributed by atoms with Crippen molar-refractivity contribution in [1.29, 1.82) is 0 Å². The normalized spacial score (nSPS) is 8.88. The van der Waals surface area contributed by atoms with E-state index < -0.39 is 0 Å². The third-order valence-corrected chi connectivity index (χ3v) is 2.85. The Morgan fingerprint density at radius 2 is 1.71 bits per heavy atom. The first-order valence-electron chi connectivity index (χ1n) is 7.27. The van der Waals surface area contributed by atoms with Gasteiger partial charge in [0.25, 0.3) is 0 Å². The molecule has 1 aromatic carbocycles. The van der Waals surface area contributed by atoms with E-state index >= 15 is 0 Å². The number of aromatic hydroxyl groups is 1. The Morgan fingerprint density at radius 3 is 2.17 bits per heavy atom. The molecule has 2 aromatic heterocycles. The SMILES string of the molecule is C=C.Cc1cccc(O)c1.O=Cc1ccc(-c2ccccn2)nc1. The molecule has 24 heavy (non-hydrogen) atoms. The summed E-state index contributed by atoms with van der Waals surface area (Å²) in [7, 11) is 0. The van der Waals surface area contributed by atoms with Crippen molar-refractivity contribution in [3.05, 3.63) is 91.3 Å². The van der Waals surface area contributed by atoms with Gasteiger partial charge in [0.1, 0.15) is 5.75 Å². The second-order valence-corrected chi connectivity index (χ2v) is 4.65. The molecule has 0 radical (unpaired) electrons. The molecule has 1 N–H and O–H groups in total. The number of carbonyl (C=O) groups excluding carboxylic acids is 1. The van der Waals surface area contributed by atoms with E-state index in [1.54, 1.807) is 30.5 Å². The van der Waals surface area contributed by atoms with E-state index in [0.717, 1.165) is 23.2 Å². The fraction of sp³-hybridized carbons (Fsp3) is 0.0500. The van der Waals surface area contributed by atoms with Crippen LogP contribution in [0.1, 0.15) is 15.9 Å². The van der Waals surface area contributed by atoms with Crippen LogP contribution in [0.4, 0.5) is 0 Å². The van der Waals surface area contributed by atoms with Crippen molar-refractivity contribution in [3.8, 4) is 17.1 Å². The molecule has 0 amide bonds. The summed E-state index contributed by atoms with van der Waals surface area (Å²) in [5.41, 5.74) is 3.25. The molecule has 0 aliphatic rings. The van der Waals surface area contributed by atoms with E-state index in [1.807, 2.05) is 37.3 Å². The third-order valence-electron chi connectivity index (χ3n) is 2.85. The fourth-order valence-corrected chi connectivity index (χ4v) is 1.77. The summed E-state index contributed by atoms with van der Waals surface area (Å²) in [4.78, 5) is 18.7. The number of benzene rings is 1. The summed E-state index contributed by atoms with van der Waals surface area (Å²) in [5.74, 6) is 0.338. The number of carbonyl (C=O) groups is 1. The minimum atomic E-state index is 0.338. The summed E-state index contributed by atoms with van der Waals surface area (Å²) in [6, 6.07) is 16.3. The topological polar surface area (TPSA) is 63.1 Å². The van der Waals surface area contributed by atoms with Gasteiger partial charge in [-0.15, -0.1) is 13.2 Å². The molecule has 0 aliphatic carbocycles. The molecule has 0 atom stereocenters. The van der Waals surface area contributed by atoms with Gasteiger partial charge in [0, 0.05) is 18.0 Å². The lowest BCUT2D eigenvalue weighted by atomic mass is 10.2. The highest BCUT2D eigenvalue weighted by molar-refractivity contribution is 5.74. The van der Waals surface area contributed by atoms with Gasteiger partial charge in [-0.3, -0.25) is 14.8 Å². The third kappa shape index (κ3) is 6.23. The highest BCUT2D eigenvalue weighted by Gasteiger charge is 1.98. The number of hydrogen-bond acceptors (Lipinski definition) is 4. The van der Waals surface area contributed by atoms with Gasteiger partial charge in [-0.05, 0) is 48.9 Å². The van der Waals surface area contributed by atoms with Crippen LogP contribution in [-0.2, 0) is 0 Å². The van der Waals surface area contributed by atoms with Crippen molar-refractivity contribution in [2.45, 2.75) is 6.92 Å². The van der Waals surface area contributed by atoms with Crippen LogP contribution in [0.2, 0.25) is 0 Å². The Bertz CT molecular complexity index is 724. The monoisotopic (exact) mass is 320 g/mol. The van der Waals surface area contributed by atoms with E-state index in [0.29, 0.717) is 11.3 Å². The molecular weight excluding hydrogens is 300 g/mol. The Kier molecular flexibility index (Phi) is 8.18. The zero-order valence-electron chi connectivity index (χ0n) is 13.6. The minimum Gasteiger partial charge on any atom is -0.508 e. The minimum absolute atomic E-state index is 0.338. The zero-order chi connectivity index (χ0) is 17.8. The maximum Gasteiger partial charge on any atom is 0.151 e. The van der Waals surface area contributed by atoms with E-state index in [2.05, 4.69) is 23.1 Å². The highest BCUT2D eigenvalue weighted by Crippen LogP contribution is 2.12. The molecule has 0 saturated heterocycles. The number of phenolic OH excluding ortho intramolecular Hbond substituents is 1. The average molecular weight is 320 g/mol. The predicted octanol–water partition coefficient (Wildman–Crippen LogP) is 4.46. The van der Waals surface area contributed by atoms with Crippen LogP contribution in [0.5, 0.6) is 5.75 Å². The second kappa shape index (κ2) is 10.5. The van der Waals surface area contributed by atoms with Crippen LogP contribution in [0, 0.1) is 6.92 Å². The predicted molar refractivity (Wildman–Crippen MR) is 97.0 cm³/mol. The molecule has 4 heteroatoms. The van der Waals surface area contributed by atoms with Crippen molar-refractivity contribution in [3.63, 3.8) is 0 Å². The molecule has 0 saturated carbocycles. The summed E-state index contributed by atoms with van der Waals surface area (Å²) in [5, 5.41) is 8.81. The van der Waals surface area contributed by atoms with Gasteiger partial charge in [-0.1, -0.05) is 18.2 Å². The number of rotatable bonds is 2. The van der Waals surface area contributed by atoms with Crippen LogP contribution in [0.25, 0.3) is 11.4 Å². The molecule has 0 fully saturated rings. The van der Waals surface area contributed by atoms with Crippen molar-refractivity contribution in [1.82, 2.24) is 9.97 Å². The van der Waals surface area contributed by atoms with Crippen LogP contribution in [-0.4, -0.2) is 21.4 Å². The van der Waals surface area contributed by atoms with Gasteiger partial charge >= 0.3 is 0 Å². The van der Waals surface area contributed by atoms with Crippen molar-refractivity contribution < 1.29 is 9.90 Å². The first-order valence-corrected chi connectivity index (χ1v) is 7.27. The molecular formula is C20H20N2O2. The largest absolute Gasteiger partial charge is 0.508 e. The van der Waals surface area contributed by atoms with Gasteiger partial charge in [-0.25, -0.2) is 0 Å². The Hall–Kier alpha value is -3.27. The Labute approximate surface area is 142 Å². The van der Waals surface area contributed by atoms with E-state index in [-0.39, 0.29) is 0 Å². The number of nitrogens with zero attached hydrogens (tertiary/aromatic N) is 2. The summed E-state index contributed by atoms with van der Waals surface area (Å²) in [6.45, 7) is 7.94. The number of hydrogen-bond donors (Lipinski definition) is 1. The summed E-state index contributed by atoms with van der Waals surface area (Å²) < 4.78 is 0. The summed E-state index contributed by atoms with van der Waals surface area (Å²) >= 11 is 0. The maximum atomic E-state index is 10.4. The lowest BCUT2D eigenvalue weighted by molar-refractivity contribution is 0.112.